The van der Waals surface area contributed by atoms with Crippen LogP contribution in [0.5, 0.6) is 0 Å². The number of nitrogens with zero attached hydrogens (tertiary/aromatic N) is 1. The lowest BCUT2D eigenvalue weighted by Gasteiger charge is -2.28. The zero-order valence-corrected chi connectivity index (χ0v) is 11.2. The fraction of sp³-hybridized carbons (Fsp3) is 0.500. The lowest BCUT2D eigenvalue weighted by atomic mass is 10.0. The number of thioether (sulfide) groups is 1. The van der Waals surface area contributed by atoms with Crippen molar-refractivity contribution in [3.8, 4) is 0 Å². The molecular formula is C14H18N2OS. The first-order valence-corrected chi connectivity index (χ1v) is 7.54. The highest BCUT2D eigenvalue weighted by molar-refractivity contribution is 8.00. The van der Waals surface area contributed by atoms with E-state index in [1.807, 2.05) is 11.0 Å². The number of aryl methyl sites for hydroxylation is 1. The molecule has 3 rings (SSSR count). The van der Waals surface area contributed by atoms with Crippen molar-refractivity contribution in [3.05, 3.63) is 35.4 Å². The molecule has 1 amide bonds. The minimum absolute atomic E-state index is 0.0137. The molecule has 2 aliphatic rings. The number of carbonyl (C=O) groups excluding carboxylic acids is 1. The number of fused-ring (bicyclic) bond motifs is 1. The normalized spacial score (nSPS) is 27.1. The summed E-state index contributed by atoms with van der Waals surface area (Å²) in [7, 11) is 0. The van der Waals surface area contributed by atoms with Crippen molar-refractivity contribution in [3.63, 3.8) is 0 Å². The standard InChI is InChI=1S/C14H18N2OS/c15-11-5-7-16(9-11)14(17)13-12-4-2-1-3-10(12)6-8-18-13/h1-4,11,13H,5-9,15H2/t11-,13+/m1/s1. The Labute approximate surface area is 112 Å². The van der Waals surface area contributed by atoms with Crippen LogP contribution in [0.2, 0.25) is 0 Å². The van der Waals surface area contributed by atoms with Crippen LogP contribution in [0.25, 0.3) is 0 Å². The van der Waals surface area contributed by atoms with Crippen LogP contribution in [-0.2, 0) is 11.2 Å². The number of carbonyl (C=O) groups is 1. The third kappa shape index (κ3) is 2.15. The first kappa shape index (κ1) is 12.1. The maximum Gasteiger partial charge on any atom is 0.240 e. The fourth-order valence-corrected chi connectivity index (χ4v) is 4.03. The second-order valence-corrected chi connectivity index (χ2v) is 6.25. The van der Waals surface area contributed by atoms with E-state index in [-0.39, 0.29) is 17.2 Å². The van der Waals surface area contributed by atoms with Crippen molar-refractivity contribution in [1.29, 1.82) is 0 Å². The van der Waals surface area contributed by atoms with Gasteiger partial charge in [-0.3, -0.25) is 4.79 Å². The van der Waals surface area contributed by atoms with Crippen molar-refractivity contribution in [2.45, 2.75) is 24.1 Å². The van der Waals surface area contributed by atoms with Gasteiger partial charge in [0.05, 0.1) is 0 Å². The van der Waals surface area contributed by atoms with Crippen LogP contribution >= 0.6 is 11.8 Å². The second-order valence-electron chi connectivity index (χ2n) is 5.03. The Morgan fingerprint density at radius 1 is 1.39 bits per heavy atom. The number of amides is 1. The summed E-state index contributed by atoms with van der Waals surface area (Å²) in [4.78, 5) is 14.5. The molecule has 0 unspecified atom stereocenters. The number of benzene rings is 1. The minimum Gasteiger partial charge on any atom is -0.340 e. The molecule has 1 aromatic carbocycles. The van der Waals surface area contributed by atoms with E-state index in [4.69, 9.17) is 5.73 Å². The average Bonchev–Trinajstić information content (AvgIpc) is 2.84. The lowest BCUT2D eigenvalue weighted by Crippen LogP contribution is -2.35. The molecule has 2 N–H and O–H groups in total. The number of hydrogen-bond acceptors (Lipinski definition) is 3. The highest BCUT2D eigenvalue weighted by Crippen LogP contribution is 2.38. The van der Waals surface area contributed by atoms with Crippen LogP contribution in [0.1, 0.15) is 22.8 Å². The van der Waals surface area contributed by atoms with Crippen molar-refractivity contribution >= 4 is 17.7 Å². The topological polar surface area (TPSA) is 46.3 Å². The summed E-state index contributed by atoms with van der Waals surface area (Å²) >= 11 is 1.77. The summed E-state index contributed by atoms with van der Waals surface area (Å²) in [6.07, 6.45) is 2.01. The quantitative estimate of drug-likeness (QED) is 0.836. The van der Waals surface area contributed by atoms with Gasteiger partial charge < -0.3 is 10.6 Å². The summed E-state index contributed by atoms with van der Waals surface area (Å²) < 4.78 is 0. The predicted molar refractivity (Wildman–Crippen MR) is 74.5 cm³/mol. The zero-order chi connectivity index (χ0) is 12.5. The van der Waals surface area contributed by atoms with Gasteiger partial charge >= 0.3 is 0 Å². The fourth-order valence-electron chi connectivity index (χ4n) is 2.75. The first-order chi connectivity index (χ1) is 8.75. The number of likely N-dealkylation sites (tertiary alicyclic amines) is 1. The smallest absolute Gasteiger partial charge is 0.240 e. The Balaban J connectivity index is 1.83. The number of hydrogen-bond donors (Lipinski definition) is 1. The van der Waals surface area contributed by atoms with Crippen LogP contribution < -0.4 is 5.73 Å². The molecule has 2 atom stereocenters. The molecule has 4 heteroatoms. The molecule has 2 heterocycles. The third-order valence-corrected chi connectivity index (χ3v) is 4.98. The zero-order valence-electron chi connectivity index (χ0n) is 10.3. The van der Waals surface area contributed by atoms with Crippen LogP contribution in [0.3, 0.4) is 0 Å². The van der Waals surface area contributed by atoms with E-state index in [1.165, 1.54) is 11.1 Å². The summed E-state index contributed by atoms with van der Waals surface area (Å²) in [5, 5.41) is -0.0137. The Bertz CT molecular complexity index is 463. The average molecular weight is 262 g/mol. The van der Waals surface area contributed by atoms with Gasteiger partial charge in [0.2, 0.25) is 5.91 Å². The summed E-state index contributed by atoms with van der Waals surface area (Å²) in [6.45, 7) is 1.54. The van der Waals surface area contributed by atoms with Crippen molar-refractivity contribution in [1.82, 2.24) is 4.90 Å². The molecule has 18 heavy (non-hydrogen) atoms. The maximum atomic E-state index is 12.6. The lowest BCUT2D eigenvalue weighted by molar-refractivity contribution is -0.129. The predicted octanol–water partition coefficient (Wildman–Crippen LogP) is 1.58. The third-order valence-electron chi connectivity index (χ3n) is 3.75. The SMILES string of the molecule is N[C@@H]1CCN(C(=O)[C@H]2SCCc3ccccc32)C1. The molecule has 3 nitrogen and oxygen atoms in total. The van der Waals surface area contributed by atoms with Crippen LogP contribution in [-0.4, -0.2) is 35.7 Å². The van der Waals surface area contributed by atoms with Crippen molar-refractivity contribution < 1.29 is 4.79 Å². The molecule has 0 aromatic heterocycles. The Morgan fingerprint density at radius 2 is 2.22 bits per heavy atom. The van der Waals surface area contributed by atoms with Gasteiger partial charge in [-0.15, -0.1) is 11.8 Å². The molecule has 1 fully saturated rings. The van der Waals surface area contributed by atoms with Gasteiger partial charge in [0, 0.05) is 19.1 Å². The molecule has 0 saturated carbocycles. The van der Waals surface area contributed by atoms with Crippen molar-refractivity contribution in [2.24, 2.45) is 5.73 Å². The Hall–Kier alpha value is -1.00. The maximum absolute atomic E-state index is 12.6. The van der Waals surface area contributed by atoms with E-state index >= 15 is 0 Å². The molecule has 1 aromatic rings. The van der Waals surface area contributed by atoms with Gasteiger partial charge in [0.1, 0.15) is 5.25 Å². The minimum atomic E-state index is -0.0137. The van der Waals surface area contributed by atoms with Crippen LogP contribution in [0.15, 0.2) is 24.3 Å². The number of nitrogens with two attached hydrogens (primary N) is 1. The molecule has 2 aliphatic heterocycles. The highest BCUT2D eigenvalue weighted by atomic mass is 32.2. The highest BCUT2D eigenvalue weighted by Gasteiger charge is 2.33. The van der Waals surface area contributed by atoms with Gasteiger partial charge in [-0.25, -0.2) is 0 Å². The first-order valence-electron chi connectivity index (χ1n) is 6.49. The van der Waals surface area contributed by atoms with E-state index in [0.717, 1.165) is 31.7 Å². The monoisotopic (exact) mass is 262 g/mol. The largest absolute Gasteiger partial charge is 0.340 e. The van der Waals surface area contributed by atoms with Gasteiger partial charge in [-0.1, -0.05) is 24.3 Å². The Kier molecular flexibility index (Phi) is 3.31. The van der Waals surface area contributed by atoms with E-state index in [2.05, 4.69) is 18.2 Å². The van der Waals surface area contributed by atoms with Gasteiger partial charge in [0.25, 0.3) is 0 Å². The molecule has 1 saturated heterocycles. The van der Waals surface area contributed by atoms with Gasteiger partial charge in [-0.05, 0) is 29.7 Å². The van der Waals surface area contributed by atoms with Crippen molar-refractivity contribution in [2.75, 3.05) is 18.8 Å². The van der Waals surface area contributed by atoms with Crippen LogP contribution in [0.4, 0.5) is 0 Å². The van der Waals surface area contributed by atoms with E-state index in [1.54, 1.807) is 11.8 Å². The second kappa shape index (κ2) is 4.94. The molecule has 0 radical (unpaired) electrons. The summed E-state index contributed by atoms with van der Waals surface area (Å²) in [5.41, 5.74) is 8.43. The summed E-state index contributed by atoms with van der Waals surface area (Å²) in [6, 6.07) is 8.49. The van der Waals surface area contributed by atoms with Crippen LogP contribution in [0, 0.1) is 0 Å². The van der Waals surface area contributed by atoms with Gasteiger partial charge in [0.15, 0.2) is 0 Å². The van der Waals surface area contributed by atoms with E-state index in [9.17, 15) is 4.79 Å². The molecule has 0 bridgehead atoms. The summed E-state index contributed by atoms with van der Waals surface area (Å²) in [5.74, 6) is 1.29. The van der Waals surface area contributed by atoms with E-state index < -0.39 is 0 Å². The number of rotatable bonds is 1. The molecule has 96 valence electrons. The van der Waals surface area contributed by atoms with Gasteiger partial charge in [-0.2, -0.15) is 0 Å². The molecule has 0 aliphatic carbocycles. The molecule has 0 spiro atoms. The Morgan fingerprint density at radius 3 is 3.00 bits per heavy atom. The molecular weight excluding hydrogens is 244 g/mol. The van der Waals surface area contributed by atoms with E-state index in [0.29, 0.717) is 0 Å².